The molecule has 0 amide bonds. The number of esters is 2. The van der Waals surface area contributed by atoms with Gasteiger partial charge in [0.05, 0.1) is 6.61 Å². The van der Waals surface area contributed by atoms with Gasteiger partial charge in [0, 0.05) is 17.9 Å². The summed E-state index contributed by atoms with van der Waals surface area (Å²) in [6.45, 7) is 2.83. The summed E-state index contributed by atoms with van der Waals surface area (Å²) in [5.41, 5.74) is 0.914. The highest BCUT2D eigenvalue weighted by molar-refractivity contribution is 6.30. The summed E-state index contributed by atoms with van der Waals surface area (Å²) in [7, 11) is 0. The number of halogens is 1. The quantitative estimate of drug-likeness (QED) is 0.433. The van der Waals surface area contributed by atoms with Gasteiger partial charge in [-0.1, -0.05) is 43.5 Å². The standard InChI is InChI=1S/C18H25ClO4/c1-2-3-13-22-17(20)7-5-4-6-8-18(21)23-14-15-9-11-16(19)12-10-15/h9-12H,2-8,13-14H2,1H3. The number of rotatable bonds is 11. The zero-order valence-electron chi connectivity index (χ0n) is 13.7. The second-order valence-electron chi connectivity index (χ2n) is 5.42. The molecule has 0 saturated heterocycles. The van der Waals surface area contributed by atoms with Crippen LogP contribution in [0.25, 0.3) is 0 Å². The third kappa shape index (κ3) is 9.95. The SMILES string of the molecule is CCCCOC(=O)CCCCCC(=O)OCc1ccc(Cl)cc1. The van der Waals surface area contributed by atoms with Crippen LogP contribution >= 0.6 is 11.6 Å². The maximum Gasteiger partial charge on any atom is 0.306 e. The monoisotopic (exact) mass is 340 g/mol. The van der Waals surface area contributed by atoms with Crippen LogP contribution in [0.3, 0.4) is 0 Å². The van der Waals surface area contributed by atoms with Crippen molar-refractivity contribution in [2.75, 3.05) is 6.61 Å². The van der Waals surface area contributed by atoms with Crippen molar-refractivity contribution in [3.8, 4) is 0 Å². The molecule has 0 atom stereocenters. The Morgan fingerprint density at radius 3 is 2.13 bits per heavy atom. The number of carbonyl (C=O) groups excluding carboxylic acids is 2. The van der Waals surface area contributed by atoms with Crippen LogP contribution in [0.5, 0.6) is 0 Å². The first-order chi connectivity index (χ1) is 11.1. The van der Waals surface area contributed by atoms with Gasteiger partial charge in [-0.2, -0.15) is 0 Å². The molecular formula is C18H25ClO4. The topological polar surface area (TPSA) is 52.6 Å². The Morgan fingerprint density at radius 1 is 0.913 bits per heavy atom. The van der Waals surface area contributed by atoms with E-state index in [2.05, 4.69) is 6.92 Å². The Balaban J connectivity index is 2.01. The van der Waals surface area contributed by atoms with E-state index < -0.39 is 0 Å². The molecule has 128 valence electrons. The van der Waals surface area contributed by atoms with Crippen molar-refractivity contribution in [1.82, 2.24) is 0 Å². The van der Waals surface area contributed by atoms with Gasteiger partial charge in [0.1, 0.15) is 6.61 Å². The lowest BCUT2D eigenvalue weighted by Gasteiger charge is -2.06. The van der Waals surface area contributed by atoms with Gasteiger partial charge in [0.15, 0.2) is 0 Å². The van der Waals surface area contributed by atoms with Crippen molar-refractivity contribution < 1.29 is 19.1 Å². The fraction of sp³-hybridized carbons (Fsp3) is 0.556. The lowest BCUT2D eigenvalue weighted by atomic mass is 10.1. The molecule has 1 rings (SSSR count). The van der Waals surface area contributed by atoms with E-state index in [9.17, 15) is 9.59 Å². The van der Waals surface area contributed by atoms with Gasteiger partial charge < -0.3 is 9.47 Å². The van der Waals surface area contributed by atoms with E-state index in [1.54, 1.807) is 12.1 Å². The fourth-order valence-corrected chi connectivity index (χ4v) is 2.06. The fourth-order valence-electron chi connectivity index (χ4n) is 1.93. The second-order valence-corrected chi connectivity index (χ2v) is 5.86. The highest BCUT2D eigenvalue weighted by Gasteiger charge is 2.05. The molecule has 0 N–H and O–H groups in total. The minimum atomic E-state index is -0.217. The lowest BCUT2D eigenvalue weighted by Crippen LogP contribution is -2.06. The Kier molecular flexibility index (Phi) is 10.1. The number of ether oxygens (including phenoxy) is 2. The van der Waals surface area contributed by atoms with Gasteiger partial charge in [-0.05, 0) is 37.0 Å². The molecule has 0 aliphatic carbocycles. The first-order valence-electron chi connectivity index (χ1n) is 8.17. The zero-order valence-corrected chi connectivity index (χ0v) is 14.4. The molecule has 0 fully saturated rings. The molecule has 5 heteroatoms. The molecule has 23 heavy (non-hydrogen) atoms. The highest BCUT2D eigenvalue weighted by Crippen LogP contribution is 2.11. The molecule has 0 radical (unpaired) electrons. The van der Waals surface area contributed by atoms with Crippen molar-refractivity contribution in [3.63, 3.8) is 0 Å². The van der Waals surface area contributed by atoms with Gasteiger partial charge in [-0.3, -0.25) is 9.59 Å². The van der Waals surface area contributed by atoms with Crippen molar-refractivity contribution >= 4 is 23.5 Å². The van der Waals surface area contributed by atoms with Crippen molar-refractivity contribution in [3.05, 3.63) is 34.9 Å². The molecule has 4 nitrogen and oxygen atoms in total. The third-order valence-corrected chi connectivity index (χ3v) is 3.59. The van der Waals surface area contributed by atoms with Crippen molar-refractivity contribution in [2.45, 2.75) is 58.5 Å². The van der Waals surface area contributed by atoms with E-state index in [4.69, 9.17) is 21.1 Å². The van der Waals surface area contributed by atoms with Crippen molar-refractivity contribution in [1.29, 1.82) is 0 Å². The third-order valence-electron chi connectivity index (χ3n) is 3.34. The normalized spacial score (nSPS) is 10.3. The van der Waals surface area contributed by atoms with Gasteiger partial charge >= 0.3 is 11.9 Å². The predicted octanol–water partition coefficient (Wildman–Crippen LogP) is 4.68. The first-order valence-corrected chi connectivity index (χ1v) is 8.55. The van der Waals surface area contributed by atoms with E-state index in [1.807, 2.05) is 12.1 Å². The molecular weight excluding hydrogens is 316 g/mol. The van der Waals surface area contributed by atoms with Crippen LogP contribution in [0.15, 0.2) is 24.3 Å². The van der Waals surface area contributed by atoms with E-state index in [0.717, 1.165) is 37.7 Å². The van der Waals surface area contributed by atoms with E-state index in [0.29, 0.717) is 24.5 Å². The summed E-state index contributed by atoms with van der Waals surface area (Å²) < 4.78 is 10.3. The van der Waals surface area contributed by atoms with Crippen LogP contribution in [0.1, 0.15) is 57.4 Å². The molecule has 0 bridgehead atoms. The van der Waals surface area contributed by atoms with E-state index >= 15 is 0 Å². The largest absolute Gasteiger partial charge is 0.466 e. The van der Waals surface area contributed by atoms with E-state index in [-0.39, 0.29) is 18.5 Å². The summed E-state index contributed by atoms with van der Waals surface area (Å²) in [6.07, 6.45) is 5.01. The number of carbonyl (C=O) groups is 2. The van der Waals surface area contributed by atoms with Crippen LogP contribution in [-0.4, -0.2) is 18.5 Å². The first kappa shape index (κ1) is 19.5. The Hall–Kier alpha value is -1.55. The summed E-state index contributed by atoms with van der Waals surface area (Å²) in [5.74, 6) is -0.366. The maximum atomic E-state index is 11.6. The Bertz CT molecular complexity index is 470. The smallest absolute Gasteiger partial charge is 0.306 e. The van der Waals surface area contributed by atoms with Gasteiger partial charge in [-0.25, -0.2) is 0 Å². The average molecular weight is 341 g/mol. The van der Waals surface area contributed by atoms with Gasteiger partial charge in [0.2, 0.25) is 0 Å². The molecule has 0 aliphatic rings. The number of hydrogen-bond acceptors (Lipinski definition) is 4. The van der Waals surface area contributed by atoms with Gasteiger partial charge in [-0.15, -0.1) is 0 Å². The molecule has 0 spiro atoms. The maximum absolute atomic E-state index is 11.6. The van der Waals surface area contributed by atoms with Gasteiger partial charge in [0.25, 0.3) is 0 Å². The van der Waals surface area contributed by atoms with Crippen LogP contribution in [0.2, 0.25) is 5.02 Å². The summed E-state index contributed by atoms with van der Waals surface area (Å²) >= 11 is 5.79. The Labute approximate surface area is 143 Å². The number of benzene rings is 1. The molecule has 1 aromatic rings. The minimum absolute atomic E-state index is 0.149. The minimum Gasteiger partial charge on any atom is -0.466 e. The average Bonchev–Trinajstić information content (AvgIpc) is 2.54. The molecule has 0 heterocycles. The van der Waals surface area contributed by atoms with E-state index in [1.165, 1.54) is 0 Å². The summed E-state index contributed by atoms with van der Waals surface area (Å²) in [6, 6.07) is 7.20. The summed E-state index contributed by atoms with van der Waals surface area (Å²) in [5, 5.41) is 0.660. The Morgan fingerprint density at radius 2 is 1.52 bits per heavy atom. The van der Waals surface area contributed by atoms with Crippen LogP contribution in [0, 0.1) is 0 Å². The van der Waals surface area contributed by atoms with Crippen LogP contribution in [-0.2, 0) is 25.7 Å². The molecule has 0 aliphatic heterocycles. The number of hydrogen-bond donors (Lipinski definition) is 0. The van der Waals surface area contributed by atoms with Crippen LogP contribution < -0.4 is 0 Å². The second kappa shape index (κ2) is 11.9. The predicted molar refractivity (Wildman–Crippen MR) is 90.2 cm³/mol. The van der Waals surface area contributed by atoms with Crippen molar-refractivity contribution in [2.24, 2.45) is 0 Å². The summed E-state index contributed by atoms with van der Waals surface area (Å²) in [4.78, 5) is 23.0. The molecule has 0 unspecified atom stereocenters. The molecule has 1 aromatic carbocycles. The lowest BCUT2D eigenvalue weighted by molar-refractivity contribution is -0.145. The molecule has 0 aromatic heterocycles. The van der Waals surface area contributed by atoms with Crippen LogP contribution in [0.4, 0.5) is 0 Å². The molecule has 0 saturated carbocycles. The number of unbranched alkanes of at least 4 members (excludes halogenated alkanes) is 3. The zero-order chi connectivity index (χ0) is 16.9. The highest BCUT2D eigenvalue weighted by atomic mass is 35.5.